The molecule has 0 N–H and O–H groups in total. The number of esters is 2. The van der Waals surface area contributed by atoms with E-state index in [1.165, 1.54) is 0 Å². The van der Waals surface area contributed by atoms with Crippen LogP contribution in [-0.4, -0.2) is 24.0 Å². The van der Waals surface area contributed by atoms with Gasteiger partial charge in [0.05, 0.1) is 0 Å². The van der Waals surface area contributed by atoms with Gasteiger partial charge in [0.25, 0.3) is 0 Å². The highest BCUT2D eigenvalue weighted by Gasteiger charge is 2.21. The van der Waals surface area contributed by atoms with Crippen molar-refractivity contribution in [3.63, 3.8) is 0 Å². The Morgan fingerprint density at radius 3 is 1.77 bits per heavy atom. The van der Waals surface area contributed by atoms with Gasteiger partial charge in [-0.15, -0.1) is 0 Å². The zero-order chi connectivity index (χ0) is 10.4. The van der Waals surface area contributed by atoms with E-state index in [4.69, 9.17) is 0 Å². The molecule has 0 atom stereocenters. The van der Waals surface area contributed by atoms with Gasteiger partial charge in [-0.05, 0) is 6.08 Å². The third-order valence-electron chi connectivity index (χ3n) is 0.979. The topological polar surface area (TPSA) is 69.7 Å². The quantitative estimate of drug-likeness (QED) is 0.356. The first kappa shape index (κ1) is 11.4. The summed E-state index contributed by atoms with van der Waals surface area (Å²) in [5.41, 5.74) is 0. The van der Waals surface area contributed by atoms with Crippen molar-refractivity contribution in [3.05, 3.63) is 12.7 Å². The summed E-state index contributed by atoms with van der Waals surface area (Å²) in [6, 6.07) is 0. The molecule has 0 heterocycles. The molecule has 5 nitrogen and oxygen atoms in total. The molecule has 0 saturated carbocycles. The largest absolute Gasteiger partial charge is 0.417 e. The summed E-state index contributed by atoms with van der Waals surface area (Å²) >= 11 is 0. The molecule has 13 heavy (non-hydrogen) atoms. The van der Waals surface area contributed by atoms with E-state index >= 15 is 0 Å². The summed E-state index contributed by atoms with van der Waals surface area (Å²) < 4.78 is 8.82. The van der Waals surface area contributed by atoms with Crippen molar-refractivity contribution in [1.82, 2.24) is 0 Å². The van der Waals surface area contributed by atoms with Crippen LogP contribution in [0.25, 0.3) is 0 Å². The number of carbonyl (C=O) groups is 3. The van der Waals surface area contributed by atoms with E-state index in [1.54, 1.807) is 0 Å². The van der Waals surface area contributed by atoms with Gasteiger partial charge in [-0.2, -0.15) is 0 Å². The molecule has 5 heteroatoms. The van der Waals surface area contributed by atoms with Crippen LogP contribution in [0.15, 0.2) is 12.7 Å². The summed E-state index contributed by atoms with van der Waals surface area (Å²) in [6.07, 6.45) is -0.594. The van der Waals surface area contributed by atoms with E-state index in [-0.39, 0.29) is 0 Å². The van der Waals surface area contributed by atoms with Crippen molar-refractivity contribution >= 4 is 17.7 Å². The van der Waals surface area contributed by atoms with Gasteiger partial charge >= 0.3 is 18.2 Å². The van der Waals surface area contributed by atoms with Gasteiger partial charge in [0.1, 0.15) is 0 Å². The molecule has 0 saturated heterocycles. The van der Waals surface area contributed by atoms with Crippen molar-refractivity contribution in [3.8, 4) is 0 Å². The molecule has 0 rings (SSSR count). The Morgan fingerprint density at radius 2 is 1.54 bits per heavy atom. The van der Waals surface area contributed by atoms with Crippen LogP contribution in [0.5, 0.6) is 0 Å². The van der Waals surface area contributed by atoms with E-state index in [0.717, 1.165) is 19.9 Å². The van der Waals surface area contributed by atoms with Crippen LogP contribution in [0.3, 0.4) is 0 Å². The lowest BCUT2D eigenvalue weighted by molar-refractivity contribution is -0.187. The molecular weight excluding hydrogens is 176 g/mol. The van der Waals surface area contributed by atoms with Crippen LogP contribution in [-0.2, 0) is 23.9 Å². The first-order valence-corrected chi connectivity index (χ1v) is 3.48. The van der Waals surface area contributed by atoms with Gasteiger partial charge in [-0.25, -0.2) is 0 Å². The van der Waals surface area contributed by atoms with Crippen LogP contribution in [0.4, 0.5) is 0 Å². The second-order valence-corrected chi connectivity index (χ2v) is 2.16. The Bertz CT molecular complexity index is 227. The highest BCUT2D eigenvalue weighted by molar-refractivity contribution is 5.94. The minimum absolute atomic E-state index is 0.676. The number of hydrogen-bond donors (Lipinski definition) is 0. The summed E-state index contributed by atoms with van der Waals surface area (Å²) in [6.45, 7) is 5.37. The predicted octanol–water partition coefficient (Wildman–Crippen LogP) is 0.194. The minimum atomic E-state index is -1.51. The van der Waals surface area contributed by atoms with Crippen molar-refractivity contribution in [2.75, 3.05) is 0 Å². The maximum Gasteiger partial charge on any atom is 0.310 e. The number of ether oxygens (including phenoxy) is 2. The summed E-state index contributed by atoms with van der Waals surface area (Å²) in [4.78, 5) is 31.8. The van der Waals surface area contributed by atoms with E-state index in [1.807, 2.05) is 0 Å². The van der Waals surface area contributed by atoms with E-state index in [9.17, 15) is 14.4 Å². The zero-order valence-electron chi connectivity index (χ0n) is 7.40. The fourth-order valence-corrected chi connectivity index (χ4v) is 0.538. The maximum atomic E-state index is 10.9. The summed E-state index contributed by atoms with van der Waals surface area (Å²) in [5, 5.41) is 0. The standard InChI is InChI=1S/C8H10O5/c1-4-7(11)8(12-5(2)9)13-6(3)10/h4,8H,1H2,2-3H3. The molecule has 0 amide bonds. The third-order valence-corrected chi connectivity index (χ3v) is 0.979. The summed E-state index contributed by atoms with van der Waals surface area (Å²) in [5.74, 6) is -2.09. The van der Waals surface area contributed by atoms with E-state index in [2.05, 4.69) is 16.1 Å². The Labute approximate surface area is 75.3 Å². The van der Waals surface area contributed by atoms with Crippen LogP contribution < -0.4 is 0 Å². The normalized spacial score (nSPS) is 9.15. The highest BCUT2D eigenvalue weighted by atomic mass is 16.7. The molecule has 72 valence electrons. The fourth-order valence-electron chi connectivity index (χ4n) is 0.538. The number of rotatable bonds is 4. The molecule has 0 aliphatic rings. The molecular formula is C8H10O5. The van der Waals surface area contributed by atoms with Crippen molar-refractivity contribution in [1.29, 1.82) is 0 Å². The summed E-state index contributed by atoms with van der Waals surface area (Å²) in [7, 11) is 0. The Morgan fingerprint density at radius 1 is 1.15 bits per heavy atom. The molecule has 0 bridgehead atoms. The Hall–Kier alpha value is -1.65. The molecule has 0 aliphatic heterocycles. The molecule has 0 aromatic heterocycles. The first-order chi connectivity index (χ1) is 5.97. The third kappa shape index (κ3) is 4.73. The average molecular weight is 186 g/mol. The molecule has 0 aromatic rings. The van der Waals surface area contributed by atoms with Crippen molar-refractivity contribution < 1.29 is 23.9 Å². The first-order valence-electron chi connectivity index (χ1n) is 3.48. The lowest BCUT2D eigenvalue weighted by Crippen LogP contribution is -2.29. The zero-order valence-corrected chi connectivity index (χ0v) is 7.40. The highest BCUT2D eigenvalue weighted by Crippen LogP contribution is 1.99. The van der Waals surface area contributed by atoms with Gasteiger partial charge in [0, 0.05) is 13.8 Å². The smallest absolute Gasteiger partial charge is 0.310 e. The molecule has 0 aromatic carbocycles. The minimum Gasteiger partial charge on any atom is -0.417 e. The van der Waals surface area contributed by atoms with Gasteiger partial charge in [0.2, 0.25) is 5.78 Å². The predicted molar refractivity (Wildman–Crippen MR) is 42.5 cm³/mol. The van der Waals surface area contributed by atoms with Gasteiger partial charge in [-0.1, -0.05) is 6.58 Å². The second-order valence-electron chi connectivity index (χ2n) is 2.16. The van der Waals surface area contributed by atoms with Gasteiger partial charge in [0.15, 0.2) is 0 Å². The molecule has 0 unspecified atom stereocenters. The van der Waals surface area contributed by atoms with E-state index < -0.39 is 24.0 Å². The van der Waals surface area contributed by atoms with Crippen molar-refractivity contribution in [2.45, 2.75) is 20.1 Å². The number of carbonyl (C=O) groups excluding carboxylic acids is 3. The Balaban J connectivity index is 4.35. The number of hydrogen-bond acceptors (Lipinski definition) is 5. The molecule has 0 spiro atoms. The monoisotopic (exact) mass is 186 g/mol. The second kappa shape index (κ2) is 5.08. The van der Waals surface area contributed by atoms with Crippen LogP contribution in [0.1, 0.15) is 13.8 Å². The fraction of sp³-hybridized carbons (Fsp3) is 0.375. The Kier molecular flexibility index (Phi) is 4.43. The van der Waals surface area contributed by atoms with Crippen LogP contribution >= 0.6 is 0 Å². The number of ketones is 1. The lowest BCUT2D eigenvalue weighted by Gasteiger charge is -2.12. The van der Waals surface area contributed by atoms with Crippen LogP contribution in [0, 0.1) is 0 Å². The van der Waals surface area contributed by atoms with E-state index in [0.29, 0.717) is 0 Å². The average Bonchev–Trinajstić information content (AvgIpc) is 2.00. The molecule has 0 aliphatic carbocycles. The maximum absolute atomic E-state index is 10.9. The van der Waals surface area contributed by atoms with Gasteiger partial charge < -0.3 is 9.47 Å². The van der Waals surface area contributed by atoms with Crippen LogP contribution in [0.2, 0.25) is 0 Å². The lowest BCUT2D eigenvalue weighted by atomic mass is 10.4. The van der Waals surface area contributed by atoms with Gasteiger partial charge in [-0.3, -0.25) is 14.4 Å². The SMILES string of the molecule is C=CC(=O)C(OC(C)=O)OC(C)=O. The molecule has 0 fully saturated rings. The molecule has 0 radical (unpaired) electrons. The van der Waals surface area contributed by atoms with Crippen molar-refractivity contribution in [2.24, 2.45) is 0 Å².